The minimum atomic E-state index is 0.416. The van der Waals surface area contributed by atoms with Crippen molar-refractivity contribution in [1.29, 1.82) is 0 Å². The summed E-state index contributed by atoms with van der Waals surface area (Å²) in [5, 5.41) is 5.02. The molecule has 106 valence electrons. The molecular formula is C14H16BrN3S2. The van der Waals surface area contributed by atoms with Gasteiger partial charge in [0, 0.05) is 27.8 Å². The van der Waals surface area contributed by atoms with Crippen LogP contribution in [0.2, 0.25) is 0 Å². The Morgan fingerprint density at radius 1 is 1.35 bits per heavy atom. The normalized spacial score (nSPS) is 11.6. The second-order valence-corrected chi connectivity index (χ2v) is 7.34. The van der Waals surface area contributed by atoms with Crippen molar-refractivity contribution in [2.75, 3.05) is 4.90 Å². The van der Waals surface area contributed by atoms with Crippen molar-refractivity contribution in [2.45, 2.75) is 31.8 Å². The fourth-order valence-electron chi connectivity index (χ4n) is 2.25. The van der Waals surface area contributed by atoms with Crippen LogP contribution in [-0.4, -0.2) is 15.4 Å². The van der Waals surface area contributed by atoms with Gasteiger partial charge in [-0.05, 0) is 25.3 Å². The van der Waals surface area contributed by atoms with Gasteiger partial charge < -0.3 is 4.90 Å². The quantitative estimate of drug-likeness (QED) is 0.603. The molecule has 0 aromatic carbocycles. The lowest BCUT2D eigenvalue weighted by Crippen LogP contribution is -2.31. The maximum atomic E-state index is 4.83. The third kappa shape index (κ3) is 2.52. The first-order valence-corrected chi connectivity index (χ1v) is 9.38. The van der Waals surface area contributed by atoms with Crippen LogP contribution in [0.5, 0.6) is 0 Å². The summed E-state index contributed by atoms with van der Waals surface area (Å²) in [6.45, 7) is 5.36. The Labute approximate surface area is 135 Å². The molecule has 0 aliphatic carbocycles. The van der Waals surface area contributed by atoms with Crippen molar-refractivity contribution < 1.29 is 0 Å². The topological polar surface area (TPSA) is 20.5 Å². The molecule has 0 saturated carbocycles. The zero-order chi connectivity index (χ0) is 14.1. The average molecular weight is 370 g/mol. The first-order chi connectivity index (χ1) is 9.70. The van der Waals surface area contributed by atoms with Crippen molar-refractivity contribution >= 4 is 49.4 Å². The van der Waals surface area contributed by atoms with Gasteiger partial charge in [0.1, 0.15) is 0 Å². The van der Waals surface area contributed by atoms with Crippen molar-refractivity contribution in [3.63, 3.8) is 0 Å². The predicted molar refractivity (Wildman–Crippen MR) is 91.3 cm³/mol. The SMILES string of the molecule is CC(C)N(Cc1cccs1)c1nc2sccn2c1CBr. The van der Waals surface area contributed by atoms with Gasteiger partial charge >= 0.3 is 0 Å². The van der Waals surface area contributed by atoms with Crippen LogP contribution < -0.4 is 4.90 Å². The number of halogens is 1. The van der Waals surface area contributed by atoms with E-state index in [0.29, 0.717) is 6.04 Å². The Balaban J connectivity index is 2.02. The van der Waals surface area contributed by atoms with Crippen LogP contribution in [0.3, 0.4) is 0 Å². The lowest BCUT2D eigenvalue weighted by molar-refractivity contribution is 0.676. The van der Waals surface area contributed by atoms with E-state index in [4.69, 9.17) is 4.98 Å². The molecule has 0 fully saturated rings. The molecule has 20 heavy (non-hydrogen) atoms. The van der Waals surface area contributed by atoms with E-state index >= 15 is 0 Å². The number of thiophene rings is 1. The molecule has 0 unspecified atom stereocenters. The second kappa shape index (κ2) is 5.87. The second-order valence-electron chi connectivity index (χ2n) is 4.87. The van der Waals surface area contributed by atoms with Gasteiger partial charge in [0.25, 0.3) is 0 Å². The summed E-state index contributed by atoms with van der Waals surface area (Å²) in [6, 6.07) is 4.71. The fraction of sp³-hybridized carbons (Fsp3) is 0.357. The molecule has 0 N–H and O–H groups in total. The maximum Gasteiger partial charge on any atom is 0.195 e. The van der Waals surface area contributed by atoms with Gasteiger partial charge in [0.05, 0.1) is 12.2 Å². The van der Waals surface area contributed by atoms with E-state index in [0.717, 1.165) is 22.7 Å². The summed E-state index contributed by atoms with van der Waals surface area (Å²) in [7, 11) is 0. The zero-order valence-corrected chi connectivity index (χ0v) is 14.6. The van der Waals surface area contributed by atoms with Crippen LogP contribution in [0.4, 0.5) is 5.82 Å². The summed E-state index contributed by atoms with van der Waals surface area (Å²) in [5.74, 6) is 1.09. The summed E-state index contributed by atoms with van der Waals surface area (Å²) in [5.41, 5.74) is 1.23. The van der Waals surface area contributed by atoms with Gasteiger partial charge in [0.15, 0.2) is 10.8 Å². The van der Waals surface area contributed by atoms with Gasteiger partial charge in [-0.1, -0.05) is 22.0 Å². The number of hydrogen-bond donors (Lipinski definition) is 0. The van der Waals surface area contributed by atoms with Crippen LogP contribution >= 0.6 is 38.6 Å². The Morgan fingerprint density at radius 3 is 2.85 bits per heavy atom. The lowest BCUT2D eigenvalue weighted by Gasteiger charge is -2.27. The highest BCUT2D eigenvalue weighted by Crippen LogP contribution is 2.29. The molecule has 0 atom stereocenters. The van der Waals surface area contributed by atoms with E-state index in [-0.39, 0.29) is 0 Å². The van der Waals surface area contributed by atoms with Crippen LogP contribution in [-0.2, 0) is 11.9 Å². The maximum absolute atomic E-state index is 4.83. The third-order valence-corrected chi connectivity index (χ3v) is 5.42. The molecule has 0 aliphatic heterocycles. The van der Waals surface area contributed by atoms with Crippen molar-refractivity contribution in [2.24, 2.45) is 0 Å². The number of aromatic nitrogens is 2. The molecule has 6 heteroatoms. The summed E-state index contributed by atoms with van der Waals surface area (Å²) >= 11 is 7.09. The Kier molecular flexibility index (Phi) is 4.14. The molecule has 0 bridgehead atoms. The molecule has 0 spiro atoms. The number of fused-ring (bicyclic) bond motifs is 1. The van der Waals surface area contributed by atoms with E-state index in [1.807, 2.05) is 0 Å². The fourth-order valence-corrected chi connectivity index (χ4v) is 4.20. The Morgan fingerprint density at radius 2 is 2.20 bits per heavy atom. The molecule has 0 radical (unpaired) electrons. The highest BCUT2D eigenvalue weighted by Gasteiger charge is 2.21. The molecule has 3 heterocycles. The van der Waals surface area contributed by atoms with E-state index in [1.54, 1.807) is 22.7 Å². The van der Waals surface area contributed by atoms with E-state index in [2.05, 4.69) is 68.2 Å². The number of hydrogen-bond acceptors (Lipinski definition) is 4. The number of imidazole rings is 1. The molecule has 0 saturated heterocycles. The smallest absolute Gasteiger partial charge is 0.195 e. The minimum absolute atomic E-state index is 0.416. The molecule has 3 aromatic heterocycles. The molecule has 3 nitrogen and oxygen atoms in total. The lowest BCUT2D eigenvalue weighted by atomic mass is 10.3. The summed E-state index contributed by atoms with van der Waals surface area (Å²) in [6.07, 6.45) is 2.09. The van der Waals surface area contributed by atoms with E-state index in [9.17, 15) is 0 Å². The van der Waals surface area contributed by atoms with Crippen LogP contribution in [0, 0.1) is 0 Å². The molecule has 3 aromatic rings. The molecule has 3 rings (SSSR count). The molecule has 0 aliphatic rings. The monoisotopic (exact) mass is 369 g/mol. The van der Waals surface area contributed by atoms with Crippen LogP contribution in [0.15, 0.2) is 29.1 Å². The summed E-state index contributed by atoms with van der Waals surface area (Å²) < 4.78 is 2.18. The number of thiazole rings is 1. The Bertz CT molecular complexity index is 684. The van der Waals surface area contributed by atoms with Gasteiger partial charge in [-0.25, -0.2) is 4.98 Å². The first-order valence-electron chi connectivity index (χ1n) is 6.50. The molecular weight excluding hydrogens is 354 g/mol. The number of anilines is 1. The largest absolute Gasteiger partial charge is 0.347 e. The van der Waals surface area contributed by atoms with Crippen LogP contribution in [0.1, 0.15) is 24.4 Å². The predicted octanol–water partition coefficient (Wildman–Crippen LogP) is 4.77. The highest BCUT2D eigenvalue weighted by molar-refractivity contribution is 9.08. The van der Waals surface area contributed by atoms with Crippen molar-refractivity contribution in [3.8, 4) is 0 Å². The highest BCUT2D eigenvalue weighted by atomic mass is 79.9. The van der Waals surface area contributed by atoms with Crippen molar-refractivity contribution in [1.82, 2.24) is 9.38 Å². The zero-order valence-electron chi connectivity index (χ0n) is 11.4. The number of nitrogens with zero attached hydrogens (tertiary/aromatic N) is 3. The van der Waals surface area contributed by atoms with Crippen molar-refractivity contribution in [3.05, 3.63) is 39.7 Å². The standard InChI is InChI=1S/C14H16BrN3S2/c1-10(2)18(9-11-4-3-6-19-11)13-12(8-15)17-5-7-20-14(17)16-13/h3-7,10H,8-9H2,1-2H3. The Hall–Kier alpha value is -0.850. The number of rotatable bonds is 5. The van der Waals surface area contributed by atoms with Crippen LogP contribution in [0.25, 0.3) is 4.96 Å². The number of alkyl halides is 1. The molecule has 0 amide bonds. The third-order valence-electron chi connectivity index (χ3n) is 3.27. The van der Waals surface area contributed by atoms with Gasteiger partial charge in [-0.2, -0.15) is 0 Å². The van der Waals surface area contributed by atoms with E-state index in [1.165, 1.54) is 10.6 Å². The average Bonchev–Trinajstić information content (AvgIpc) is 3.11. The van der Waals surface area contributed by atoms with Gasteiger partial charge in [-0.15, -0.1) is 22.7 Å². The first kappa shape index (κ1) is 14.1. The summed E-state index contributed by atoms with van der Waals surface area (Å²) in [4.78, 5) is 9.64. The van der Waals surface area contributed by atoms with Gasteiger partial charge in [0.2, 0.25) is 0 Å². The minimum Gasteiger partial charge on any atom is -0.347 e. The van der Waals surface area contributed by atoms with Gasteiger partial charge in [-0.3, -0.25) is 4.40 Å². The van der Waals surface area contributed by atoms with E-state index < -0.39 is 0 Å².